The van der Waals surface area contributed by atoms with Crippen LogP contribution in [0.15, 0.2) is 48.5 Å². The molecular weight excluding hydrogens is 288 g/mol. The fourth-order valence-electron chi connectivity index (χ4n) is 2.18. The van der Waals surface area contributed by atoms with Gasteiger partial charge in [-0.2, -0.15) is 0 Å². The maximum Gasteiger partial charge on any atom is 0.293 e. The zero-order valence-electron chi connectivity index (χ0n) is 11.8. The molecule has 21 heavy (non-hydrogen) atoms. The van der Waals surface area contributed by atoms with E-state index in [1.165, 1.54) is 11.6 Å². The van der Waals surface area contributed by atoms with Gasteiger partial charge < -0.3 is 5.32 Å². The minimum Gasteiger partial charge on any atom is -0.379 e. The number of nitrogens with one attached hydrogen (secondary N) is 1. The Balaban J connectivity index is 1.96. The van der Waals surface area contributed by atoms with Crippen LogP contribution in [0, 0.1) is 10.1 Å². The van der Waals surface area contributed by atoms with E-state index in [2.05, 4.69) is 24.4 Å². The number of anilines is 1. The Kier molecular flexibility index (Phi) is 5.17. The number of rotatable bonds is 6. The van der Waals surface area contributed by atoms with Gasteiger partial charge in [-0.05, 0) is 30.0 Å². The van der Waals surface area contributed by atoms with Gasteiger partial charge >= 0.3 is 0 Å². The van der Waals surface area contributed by atoms with E-state index < -0.39 is 4.92 Å². The zero-order chi connectivity index (χ0) is 15.2. The number of nitro benzene ring substituents is 1. The van der Waals surface area contributed by atoms with Gasteiger partial charge in [-0.25, -0.2) is 0 Å². The van der Waals surface area contributed by atoms with Gasteiger partial charge in [0.25, 0.3) is 5.69 Å². The molecule has 0 aliphatic rings. The summed E-state index contributed by atoms with van der Waals surface area (Å²) in [6.45, 7) is 2.81. The molecule has 0 spiro atoms. The normalized spacial score (nSPS) is 11.9. The van der Waals surface area contributed by atoms with Crippen LogP contribution in [-0.2, 0) is 0 Å². The topological polar surface area (TPSA) is 55.2 Å². The number of nitro groups is 1. The molecule has 0 heterocycles. The maximum absolute atomic E-state index is 11.0. The quantitative estimate of drug-likeness (QED) is 0.613. The number of hydrogen-bond donors (Lipinski definition) is 1. The minimum atomic E-state index is -0.422. The van der Waals surface area contributed by atoms with Crippen LogP contribution in [-0.4, -0.2) is 11.5 Å². The molecule has 0 aliphatic carbocycles. The summed E-state index contributed by atoms with van der Waals surface area (Å²) in [5.41, 5.74) is 1.78. The van der Waals surface area contributed by atoms with Crippen molar-refractivity contribution in [2.45, 2.75) is 19.3 Å². The van der Waals surface area contributed by atoms with Crippen LogP contribution in [0.25, 0.3) is 0 Å². The molecule has 1 N–H and O–H groups in total. The van der Waals surface area contributed by atoms with Crippen molar-refractivity contribution < 1.29 is 4.92 Å². The van der Waals surface area contributed by atoms with Gasteiger partial charge in [0.2, 0.25) is 0 Å². The van der Waals surface area contributed by atoms with Crippen LogP contribution >= 0.6 is 11.6 Å². The summed E-state index contributed by atoms with van der Waals surface area (Å²) in [5.74, 6) is 0.394. The molecule has 4 nitrogen and oxygen atoms in total. The average Bonchev–Trinajstić information content (AvgIpc) is 2.49. The highest BCUT2D eigenvalue weighted by Crippen LogP contribution is 2.28. The predicted molar refractivity (Wildman–Crippen MR) is 86.1 cm³/mol. The third-order valence-electron chi connectivity index (χ3n) is 3.42. The fourth-order valence-corrected chi connectivity index (χ4v) is 2.34. The summed E-state index contributed by atoms with van der Waals surface area (Å²) in [6, 6.07) is 14.9. The smallest absolute Gasteiger partial charge is 0.293 e. The van der Waals surface area contributed by atoms with Crippen molar-refractivity contribution in [1.29, 1.82) is 0 Å². The second-order valence-electron chi connectivity index (χ2n) is 4.95. The second-order valence-corrected chi connectivity index (χ2v) is 5.38. The van der Waals surface area contributed by atoms with E-state index in [-0.39, 0.29) is 5.69 Å². The van der Waals surface area contributed by atoms with Crippen LogP contribution in [0.3, 0.4) is 0 Å². The lowest BCUT2D eigenvalue weighted by Gasteiger charge is -2.13. The molecule has 0 amide bonds. The zero-order valence-corrected chi connectivity index (χ0v) is 12.5. The Bertz CT molecular complexity index is 617. The van der Waals surface area contributed by atoms with Crippen molar-refractivity contribution in [3.8, 4) is 0 Å². The van der Waals surface area contributed by atoms with Gasteiger partial charge in [0, 0.05) is 17.6 Å². The van der Waals surface area contributed by atoms with Crippen LogP contribution < -0.4 is 5.32 Å². The first-order valence-electron chi connectivity index (χ1n) is 6.80. The highest BCUT2D eigenvalue weighted by Gasteiger charge is 2.14. The van der Waals surface area contributed by atoms with Gasteiger partial charge in [-0.15, -0.1) is 0 Å². The highest BCUT2D eigenvalue weighted by molar-refractivity contribution is 6.30. The highest BCUT2D eigenvalue weighted by atomic mass is 35.5. The number of nitrogens with zero attached hydrogens (tertiary/aromatic N) is 1. The molecule has 0 saturated carbocycles. The Morgan fingerprint density at radius 1 is 1.24 bits per heavy atom. The van der Waals surface area contributed by atoms with Gasteiger partial charge in [-0.1, -0.05) is 48.9 Å². The van der Waals surface area contributed by atoms with E-state index >= 15 is 0 Å². The first-order valence-corrected chi connectivity index (χ1v) is 7.18. The molecular formula is C16H17ClN2O2. The maximum atomic E-state index is 11.0. The largest absolute Gasteiger partial charge is 0.379 e. The molecule has 0 bridgehead atoms. The summed E-state index contributed by atoms with van der Waals surface area (Å²) in [6.07, 6.45) is 0.893. The second kappa shape index (κ2) is 7.09. The number of hydrogen-bond acceptors (Lipinski definition) is 3. The van der Waals surface area contributed by atoms with E-state index in [9.17, 15) is 10.1 Å². The van der Waals surface area contributed by atoms with E-state index in [4.69, 9.17) is 11.6 Å². The van der Waals surface area contributed by atoms with E-state index in [1.807, 2.05) is 18.2 Å². The molecule has 1 atom stereocenters. The Morgan fingerprint density at radius 3 is 2.62 bits per heavy atom. The monoisotopic (exact) mass is 304 g/mol. The fraction of sp³-hybridized carbons (Fsp3) is 0.250. The summed E-state index contributed by atoms with van der Waals surface area (Å²) in [4.78, 5) is 10.6. The third-order valence-corrected chi connectivity index (χ3v) is 3.65. The van der Waals surface area contributed by atoms with Crippen molar-refractivity contribution in [3.05, 3.63) is 69.2 Å². The van der Waals surface area contributed by atoms with E-state index in [0.717, 1.165) is 6.42 Å². The molecule has 0 aromatic heterocycles. The van der Waals surface area contributed by atoms with E-state index in [1.54, 1.807) is 12.1 Å². The van der Waals surface area contributed by atoms with Crippen LogP contribution in [0.4, 0.5) is 11.4 Å². The lowest BCUT2D eigenvalue weighted by Crippen LogP contribution is -2.07. The predicted octanol–water partition coefficient (Wildman–Crippen LogP) is 4.85. The molecule has 0 saturated heterocycles. The summed E-state index contributed by atoms with van der Waals surface area (Å²) in [5, 5.41) is 14.5. The van der Waals surface area contributed by atoms with Crippen molar-refractivity contribution in [1.82, 2.24) is 0 Å². The molecule has 5 heteroatoms. The third kappa shape index (κ3) is 4.20. The molecule has 0 radical (unpaired) electrons. The molecule has 2 aromatic rings. The molecule has 0 aliphatic heterocycles. The van der Waals surface area contributed by atoms with Gasteiger partial charge in [0.15, 0.2) is 0 Å². The minimum absolute atomic E-state index is 0.00913. The van der Waals surface area contributed by atoms with Gasteiger partial charge in [-0.3, -0.25) is 10.1 Å². The van der Waals surface area contributed by atoms with Crippen molar-refractivity contribution in [2.75, 3.05) is 11.9 Å². The molecule has 2 rings (SSSR count). The standard InChI is InChI=1S/C16H17ClN2O2/c1-12(13-5-3-2-4-6-13)9-10-18-15-8-7-14(17)11-16(15)19(20)21/h2-8,11-12,18H,9-10H2,1H3. The molecule has 0 fully saturated rings. The molecule has 110 valence electrons. The SMILES string of the molecule is CC(CCNc1ccc(Cl)cc1[N+](=O)[O-])c1ccccc1. The van der Waals surface area contributed by atoms with Crippen LogP contribution in [0.2, 0.25) is 5.02 Å². The van der Waals surface area contributed by atoms with Crippen molar-refractivity contribution in [3.63, 3.8) is 0 Å². The van der Waals surface area contributed by atoms with Crippen LogP contribution in [0.5, 0.6) is 0 Å². The Labute approximate surface area is 128 Å². The average molecular weight is 305 g/mol. The summed E-state index contributed by atoms with van der Waals surface area (Å²) >= 11 is 5.79. The Morgan fingerprint density at radius 2 is 1.95 bits per heavy atom. The number of halogens is 1. The molecule has 2 aromatic carbocycles. The summed E-state index contributed by atoms with van der Waals surface area (Å²) in [7, 11) is 0. The molecule has 1 unspecified atom stereocenters. The van der Waals surface area contributed by atoms with Crippen molar-refractivity contribution in [2.24, 2.45) is 0 Å². The van der Waals surface area contributed by atoms with Crippen molar-refractivity contribution >= 4 is 23.0 Å². The van der Waals surface area contributed by atoms with Crippen LogP contribution in [0.1, 0.15) is 24.8 Å². The lowest BCUT2D eigenvalue weighted by atomic mass is 9.98. The van der Waals surface area contributed by atoms with Gasteiger partial charge in [0.05, 0.1) is 4.92 Å². The first kappa shape index (κ1) is 15.3. The lowest BCUT2D eigenvalue weighted by molar-refractivity contribution is -0.383. The Hall–Kier alpha value is -2.07. The van der Waals surface area contributed by atoms with E-state index in [0.29, 0.717) is 23.2 Å². The van der Waals surface area contributed by atoms with Gasteiger partial charge in [0.1, 0.15) is 5.69 Å². The first-order chi connectivity index (χ1) is 10.1. The summed E-state index contributed by atoms with van der Waals surface area (Å²) < 4.78 is 0. The number of benzene rings is 2.